The van der Waals surface area contributed by atoms with Crippen molar-refractivity contribution >= 4 is 15.9 Å². The van der Waals surface area contributed by atoms with Crippen LogP contribution in [0.1, 0.15) is 45.0 Å². The summed E-state index contributed by atoms with van der Waals surface area (Å²) in [6.07, 6.45) is 5.60. The zero-order valence-corrected chi connectivity index (χ0v) is 14.2. The standard InChI is InChI=1S/C15H26BrN3/c1-5-9-17-10-7-8-12(3)11-14-15(16)13(4)18-19(14)6-2/h8,17H,5-7,9-11H2,1-4H3. The van der Waals surface area contributed by atoms with Gasteiger partial charge < -0.3 is 5.32 Å². The van der Waals surface area contributed by atoms with Crippen molar-refractivity contribution in [3.8, 4) is 0 Å². The van der Waals surface area contributed by atoms with E-state index in [-0.39, 0.29) is 0 Å². The fourth-order valence-corrected chi connectivity index (χ4v) is 2.52. The Hall–Kier alpha value is -0.610. The topological polar surface area (TPSA) is 29.9 Å². The molecule has 0 aromatic carbocycles. The molecule has 0 atom stereocenters. The Morgan fingerprint density at radius 3 is 2.74 bits per heavy atom. The molecule has 0 unspecified atom stereocenters. The van der Waals surface area contributed by atoms with E-state index < -0.39 is 0 Å². The lowest BCUT2D eigenvalue weighted by molar-refractivity contribution is 0.622. The van der Waals surface area contributed by atoms with Gasteiger partial charge in [0, 0.05) is 13.0 Å². The second kappa shape index (κ2) is 8.54. The molecule has 0 radical (unpaired) electrons. The van der Waals surface area contributed by atoms with Crippen molar-refractivity contribution in [2.24, 2.45) is 0 Å². The molecule has 1 aromatic rings. The molecule has 0 aliphatic carbocycles. The first-order chi connectivity index (χ1) is 9.10. The van der Waals surface area contributed by atoms with Crippen LogP contribution >= 0.6 is 15.9 Å². The summed E-state index contributed by atoms with van der Waals surface area (Å²) in [6, 6.07) is 0. The van der Waals surface area contributed by atoms with Crippen LogP contribution in [0.2, 0.25) is 0 Å². The largest absolute Gasteiger partial charge is 0.316 e. The van der Waals surface area contributed by atoms with Crippen LogP contribution < -0.4 is 5.32 Å². The molecule has 0 saturated carbocycles. The molecule has 0 saturated heterocycles. The number of hydrogen-bond acceptors (Lipinski definition) is 2. The van der Waals surface area contributed by atoms with Gasteiger partial charge in [-0.05, 0) is 62.6 Å². The Morgan fingerprint density at radius 1 is 1.37 bits per heavy atom. The fraction of sp³-hybridized carbons (Fsp3) is 0.667. The second-order valence-corrected chi connectivity index (χ2v) is 5.72. The van der Waals surface area contributed by atoms with Crippen LogP contribution in [0.5, 0.6) is 0 Å². The molecule has 0 fully saturated rings. The number of nitrogens with zero attached hydrogens (tertiary/aromatic N) is 2. The Bertz CT molecular complexity index is 421. The lowest BCUT2D eigenvalue weighted by atomic mass is 10.1. The molecule has 1 rings (SSSR count). The molecule has 4 heteroatoms. The van der Waals surface area contributed by atoms with Gasteiger partial charge in [-0.25, -0.2) is 0 Å². The van der Waals surface area contributed by atoms with Gasteiger partial charge in [-0.1, -0.05) is 18.6 Å². The van der Waals surface area contributed by atoms with Crippen LogP contribution in [0.3, 0.4) is 0 Å². The summed E-state index contributed by atoms with van der Waals surface area (Å²) >= 11 is 3.65. The molecule has 0 aliphatic rings. The smallest absolute Gasteiger partial charge is 0.0738 e. The van der Waals surface area contributed by atoms with Gasteiger partial charge >= 0.3 is 0 Å². The third kappa shape index (κ3) is 5.11. The number of allylic oxidation sites excluding steroid dienone is 1. The van der Waals surface area contributed by atoms with Gasteiger partial charge in [-0.2, -0.15) is 5.10 Å². The first-order valence-electron chi connectivity index (χ1n) is 7.18. The predicted molar refractivity (Wildman–Crippen MR) is 85.6 cm³/mol. The highest BCUT2D eigenvalue weighted by atomic mass is 79.9. The Kier molecular flexibility index (Phi) is 7.39. The summed E-state index contributed by atoms with van der Waals surface area (Å²) in [5.74, 6) is 0. The average Bonchev–Trinajstić information content (AvgIpc) is 2.66. The van der Waals surface area contributed by atoms with Crippen LogP contribution in [0.15, 0.2) is 16.1 Å². The van der Waals surface area contributed by atoms with Crippen molar-refractivity contribution in [2.75, 3.05) is 13.1 Å². The molecule has 1 heterocycles. The quantitative estimate of drug-likeness (QED) is 0.580. The van der Waals surface area contributed by atoms with Crippen molar-refractivity contribution in [1.29, 1.82) is 0 Å². The number of rotatable bonds is 8. The highest BCUT2D eigenvalue weighted by Gasteiger charge is 2.11. The molecule has 0 spiro atoms. The zero-order valence-electron chi connectivity index (χ0n) is 12.6. The molecule has 1 aromatic heterocycles. The van der Waals surface area contributed by atoms with Crippen molar-refractivity contribution in [3.63, 3.8) is 0 Å². The summed E-state index contributed by atoms with van der Waals surface area (Å²) in [5.41, 5.74) is 3.78. The molecule has 108 valence electrons. The first-order valence-corrected chi connectivity index (χ1v) is 7.97. The van der Waals surface area contributed by atoms with E-state index in [0.717, 1.165) is 42.6 Å². The summed E-state index contributed by atoms with van der Waals surface area (Å²) in [5, 5.41) is 7.95. The van der Waals surface area contributed by atoms with E-state index in [1.54, 1.807) is 0 Å². The zero-order chi connectivity index (χ0) is 14.3. The first kappa shape index (κ1) is 16.4. The normalized spacial score (nSPS) is 12.2. The fourth-order valence-electron chi connectivity index (χ4n) is 2.10. The maximum absolute atomic E-state index is 4.53. The molecule has 3 nitrogen and oxygen atoms in total. The average molecular weight is 328 g/mol. The summed E-state index contributed by atoms with van der Waals surface area (Å²) < 4.78 is 3.25. The van der Waals surface area contributed by atoms with Crippen molar-refractivity contribution < 1.29 is 0 Å². The van der Waals surface area contributed by atoms with Crippen LogP contribution in [-0.4, -0.2) is 22.9 Å². The van der Waals surface area contributed by atoms with E-state index in [4.69, 9.17) is 0 Å². The molecule has 0 bridgehead atoms. The minimum absolute atomic E-state index is 0.924. The highest BCUT2D eigenvalue weighted by molar-refractivity contribution is 9.10. The number of aromatic nitrogens is 2. The van der Waals surface area contributed by atoms with Crippen LogP contribution in [0, 0.1) is 6.92 Å². The molecular formula is C15H26BrN3. The van der Waals surface area contributed by atoms with E-state index in [9.17, 15) is 0 Å². The molecule has 19 heavy (non-hydrogen) atoms. The minimum Gasteiger partial charge on any atom is -0.316 e. The van der Waals surface area contributed by atoms with E-state index in [2.05, 4.69) is 57.9 Å². The van der Waals surface area contributed by atoms with Crippen molar-refractivity contribution in [1.82, 2.24) is 15.1 Å². The SMILES string of the molecule is CCCNCCC=C(C)Cc1c(Br)c(C)nn1CC. The minimum atomic E-state index is 0.924. The third-order valence-electron chi connectivity index (χ3n) is 3.14. The Morgan fingerprint density at radius 2 is 2.11 bits per heavy atom. The van der Waals surface area contributed by atoms with Gasteiger partial charge in [0.2, 0.25) is 0 Å². The van der Waals surface area contributed by atoms with E-state index in [1.165, 1.54) is 17.7 Å². The maximum Gasteiger partial charge on any atom is 0.0738 e. The molecular weight excluding hydrogens is 302 g/mol. The second-order valence-electron chi connectivity index (χ2n) is 4.93. The number of nitrogens with one attached hydrogen (secondary N) is 1. The summed E-state index contributed by atoms with van der Waals surface area (Å²) in [6.45, 7) is 11.7. The maximum atomic E-state index is 4.53. The van der Waals surface area contributed by atoms with Gasteiger partial charge in [0.1, 0.15) is 0 Å². The van der Waals surface area contributed by atoms with Crippen molar-refractivity contribution in [3.05, 3.63) is 27.5 Å². The van der Waals surface area contributed by atoms with Gasteiger partial charge in [-0.15, -0.1) is 0 Å². The van der Waals surface area contributed by atoms with Gasteiger partial charge in [0.05, 0.1) is 15.9 Å². The predicted octanol–water partition coefficient (Wildman–Crippen LogP) is 3.85. The Balaban J connectivity index is 2.56. The summed E-state index contributed by atoms with van der Waals surface area (Å²) in [4.78, 5) is 0. The number of halogens is 1. The van der Waals surface area contributed by atoms with E-state index in [1.807, 2.05) is 6.92 Å². The van der Waals surface area contributed by atoms with Crippen LogP contribution in [-0.2, 0) is 13.0 Å². The lowest BCUT2D eigenvalue weighted by Crippen LogP contribution is -2.15. The lowest BCUT2D eigenvalue weighted by Gasteiger charge is -2.06. The van der Waals surface area contributed by atoms with E-state index in [0.29, 0.717) is 0 Å². The molecule has 0 aliphatic heterocycles. The summed E-state index contributed by atoms with van der Waals surface area (Å²) in [7, 11) is 0. The Labute approximate surface area is 125 Å². The monoisotopic (exact) mass is 327 g/mol. The third-order valence-corrected chi connectivity index (χ3v) is 4.17. The van der Waals surface area contributed by atoms with Crippen LogP contribution in [0.25, 0.3) is 0 Å². The van der Waals surface area contributed by atoms with Crippen molar-refractivity contribution in [2.45, 2.75) is 53.5 Å². The van der Waals surface area contributed by atoms with Gasteiger partial charge in [0.15, 0.2) is 0 Å². The van der Waals surface area contributed by atoms with Gasteiger partial charge in [-0.3, -0.25) is 4.68 Å². The number of hydrogen-bond donors (Lipinski definition) is 1. The molecule has 0 amide bonds. The highest BCUT2D eigenvalue weighted by Crippen LogP contribution is 2.23. The molecule has 1 N–H and O–H groups in total. The number of aryl methyl sites for hydroxylation is 2. The van der Waals surface area contributed by atoms with E-state index >= 15 is 0 Å². The van der Waals surface area contributed by atoms with Crippen LogP contribution in [0.4, 0.5) is 0 Å². The van der Waals surface area contributed by atoms with Gasteiger partial charge in [0.25, 0.3) is 0 Å².